The number of thiophene rings is 1. The molecule has 0 bridgehead atoms. The molecule has 0 fully saturated rings. The number of fused-ring (bicyclic) bond motifs is 13. The predicted molar refractivity (Wildman–Crippen MR) is 229 cm³/mol. The Kier molecular flexibility index (Phi) is 6.21. The fourth-order valence-electron chi connectivity index (χ4n) is 8.58. The molecule has 0 atom stereocenters. The van der Waals surface area contributed by atoms with Gasteiger partial charge in [0.25, 0.3) is 0 Å². The summed E-state index contributed by atoms with van der Waals surface area (Å²) >= 11 is 1.81. The number of anilines is 3. The molecule has 9 aromatic carbocycles. The van der Waals surface area contributed by atoms with Gasteiger partial charge < -0.3 is 13.7 Å². The Morgan fingerprint density at radius 2 is 1.02 bits per heavy atom. The molecule has 12 aromatic rings. The van der Waals surface area contributed by atoms with E-state index < -0.39 is 0 Å². The minimum Gasteiger partial charge on any atom is -0.455 e. The van der Waals surface area contributed by atoms with Crippen molar-refractivity contribution in [2.45, 2.75) is 0 Å². The average Bonchev–Trinajstić information content (AvgIpc) is 3.92. The van der Waals surface area contributed by atoms with Crippen LogP contribution in [-0.2, 0) is 0 Å². The van der Waals surface area contributed by atoms with Gasteiger partial charge in [-0.2, -0.15) is 0 Å². The van der Waals surface area contributed by atoms with Crippen LogP contribution in [0.25, 0.3) is 96.7 Å². The van der Waals surface area contributed by atoms with Crippen LogP contribution >= 0.6 is 11.3 Å². The van der Waals surface area contributed by atoms with Crippen molar-refractivity contribution in [1.29, 1.82) is 0 Å². The number of rotatable bonds is 4. The van der Waals surface area contributed by atoms with Crippen molar-refractivity contribution in [3.63, 3.8) is 0 Å². The zero-order valence-corrected chi connectivity index (χ0v) is 29.7. The zero-order valence-electron chi connectivity index (χ0n) is 28.9. The molecule has 0 saturated carbocycles. The van der Waals surface area contributed by atoms with Gasteiger partial charge in [0.05, 0.1) is 5.69 Å². The standard InChI is InChI=1S/C50H29NO2S/c1-3-12-35-30(9-1)11-7-15-36(35)32-19-22-33(23-20-32)51(34-24-26-39-40-25-21-31-10-2-4-13-37(31)49(40)53-44(39)29-34)42-16-8-18-45-47(42)48-46(54-45)28-27-41-38-14-5-6-17-43(38)52-50(41)48/h1-29H. The van der Waals surface area contributed by atoms with Crippen molar-refractivity contribution in [3.8, 4) is 11.1 Å². The molecule has 0 aliphatic heterocycles. The average molecular weight is 708 g/mol. The number of hydrogen-bond donors (Lipinski definition) is 0. The molecule has 252 valence electrons. The maximum atomic E-state index is 6.74. The predicted octanol–water partition coefficient (Wildman–Crippen LogP) is 15.3. The molecule has 0 saturated heterocycles. The summed E-state index contributed by atoms with van der Waals surface area (Å²) in [5.74, 6) is 0. The Morgan fingerprint density at radius 1 is 0.389 bits per heavy atom. The SMILES string of the molecule is c1ccc2c(-c3ccc(N(c4ccc5c(c4)oc4c6ccccc6ccc54)c4cccc5sc6ccc7c8ccccc8oc7c6c45)cc3)cccc2c1. The summed E-state index contributed by atoms with van der Waals surface area (Å²) in [4.78, 5) is 2.38. The van der Waals surface area contributed by atoms with E-state index in [2.05, 4.69) is 175 Å². The van der Waals surface area contributed by atoms with Crippen LogP contribution in [0.4, 0.5) is 17.1 Å². The van der Waals surface area contributed by atoms with Crippen LogP contribution in [0.1, 0.15) is 0 Å². The number of furan rings is 2. The topological polar surface area (TPSA) is 29.5 Å². The van der Waals surface area contributed by atoms with Crippen LogP contribution < -0.4 is 4.90 Å². The zero-order chi connectivity index (χ0) is 35.3. The second-order valence-electron chi connectivity index (χ2n) is 14.0. The molecular formula is C50H29NO2S. The van der Waals surface area contributed by atoms with E-state index in [1.54, 1.807) is 0 Å². The lowest BCUT2D eigenvalue weighted by Gasteiger charge is -2.26. The number of hydrogen-bond acceptors (Lipinski definition) is 4. The monoisotopic (exact) mass is 707 g/mol. The van der Waals surface area contributed by atoms with Gasteiger partial charge in [0.1, 0.15) is 22.3 Å². The van der Waals surface area contributed by atoms with E-state index in [4.69, 9.17) is 8.83 Å². The van der Waals surface area contributed by atoms with E-state index in [1.165, 1.54) is 42.1 Å². The Balaban J connectivity index is 1.12. The Labute approximate surface area is 313 Å². The second-order valence-corrected chi connectivity index (χ2v) is 15.1. The van der Waals surface area contributed by atoms with Crippen molar-refractivity contribution in [2.24, 2.45) is 0 Å². The van der Waals surface area contributed by atoms with Gasteiger partial charge in [-0.05, 0) is 87.9 Å². The molecule has 4 heteroatoms. The van der Waals surface area contributed by atoms with E-state index >= 15 is 0 Å². The van der Waals surface area contributed by atoms with E-state index in [-0.39, 0.29) is 0 Å². The number of para-hydroxylation sites is 1. The third kappa shape index (κ3) is 4.29. The smallest absolute Gasteiger partial charge is 0.144 e. The lowest BCUT2D eigenvalue weighted by atomic mass is 9.98. The molecule has 0 aliphatic rings. The van der Waals surface area contributed by atoms with Crippen LogP contribution in [-0.4, -0.2) is 0 Å². The van der Waals surface area contributed by atoms with Gasteiger partial charge in [0.2, 0.25) is 0 Å². The molecule has 0 N–H and O–H groups in total. The first-order chi connectivity index (χ1) is 26.8. The fraction of sp³-hybridized carbons (Fsp3) is 0. The molecule has 0 unspecified atom stereocenters. The first kappa shape index (κ1) is 29.7. The first-order valence-electron chi connectivity index (χ1n) is 18.2. The Bertz CT molecular complexity index is 3450. The molecule has 3 aromatic heterocycles. The Hall–Kier alpha value is -6.88. The maximum absolute atomic E-state index is 6.74. The van der Waals surface area contributed by atoms with Crippen molar-refractivity contribution in [3.05, 3.63) is 176 Å². The third-order valence-electron chi connectivity index (χ3n) is 11.1. The van der Waals surface area contributed by atoms with Crippen LogP contribution in [0.3, 0.4) is 0 Å². The van der Waals surface area contributed by atoms with Crippen molar-refractivity contribution < 1.29 is 8.83 Å². The molecule has 0 radical (unpaired) electrons. The van der Waals surface area contributed by atoms with Crippen LogP contribution in [0.2, 0.25) is 0 Å². The highest BCUT2D eigenvalue weighted by Gasteiger charge is 2.23. The quantitative estimate of drug-likeness (QED) is 0.182. The molecule has 0 spiro atoms. The summed E-state index contributed by atoms with van der Waals surface area (Å²) in [5.41, 5.74) is 9.18. The van der Waals surface area contributed by atoms with Gasteiger partial charge in [0.15, 0.2) is 0 Å². The normalized spacial score (nSPS) is 12.1. The van der Waals surface area contributed by atoms with Gasteiger partial charge in [-0.3, -0.25) is 0 Å². The van der Waals surface area contributed by atoms with Crippen LogP contribution in [0.5, 0.6) is 0 Å². The van der Waals surface area contributed by atoms with Gasteiger partial charge in [0, 0.05) is 64.5 Å². The lowest BCUT2D eigenvalue weighted by molar-refractivity contribution is 0.672. The lowest BCUT2D eigenvalue weighted by Crippen LogP contribution is -2.10. The van der Waals surface area contributed by atoms with Crippen molar-refractivity contribution in [1.82, 2.24) is 0 Å². The Morgan fingerprint density at radius 3 is 1.91 bits per heavy atom. The summed E-state index contributed by atoms with van der Waals surface area (Å²) in [6.07, 6.45) is 0. The van der Waals surface area contributed by atoms with Gasteiger partial charge in [-0.25, -0.2) is 0 Å². The summed E-state index contributed by atoms with van der Waals surface area (Å²) in [6.45, 7) is 0. The van der Waals surface area contributed by atoms with Crippen LogP contribution in [0, 0.1) is 0 Å². The second kappa shape index (κ2) is 11.3. The number of benzene rings is 9. The van der Waals surface area contributed by atoms with E-state index in [1.807, 2.05) is 17.4 Å². The minimum atomic E-state index is 0.859. The summed E-state index contributed by atoms with van der Waals surface area (Å²) in [5, 5.41) is 11.6. The van der Waals surface area contributed by atoms with Crippen molar-refractivity contribution >= 4 is 114 Å². The molecule has 54 heavy (non-hydrogen) atoms. The fourth-order valence-corrected chi connectivity index (χ4v) is 9.70. The molecule has 12 rings (SSSR count). The largest absolute Gasteiger partial charge is 0.455 e. The highest BCUT2D eigenvalue weighted by molar-refractivity contribution is 7.26. The van der Waals surface area contributed by atoms with Crippen LogP contribution in [0.15, 0.2) is 185 Å². The summed E-state index contributed by atoms with van der Waals surface area (Å²) in [6, 6.07) is 63.0. The number of nitrogens with zero attached hydrogens (tertiary/aromatic N) is 1. The van der Waals surface area contributed by atoms with Gasteiger partial charge in [-0.15, -0.1) is 11.3 Å². The van der Waals surface area contributed by atoms with E-state index in [0.29, 0.717) is 0 Å². The van der Waals surface area contributed by atoms with E-state index in [0.717, 1.165) is 71.7 Å². The third-order valence-corrected chi connectivity index (χ3v) is 12.2. The first-order valence-corrected chi connectivity index (χ1v) is 19.1. The van der Waals surface area contributed by atoms with E-state index in [9.17, 15) is 0 Å². The minimum absolute atomic E-state index is 0.859. The highest BCUT2D eigenvalue weighted by Crippen LogP contribution is 2.49. The maximum Gasteiger partial charge on any atom is 0.144 e. The van der Waals surface area contributed by atoms with Crippen molar-refractivity contribution in [2.75, 3.05) is 4.90 Å². The molecule has 0 amide bonds. The van der Waals surface area contributed by atoms with Gasteiger partial charge >= 0.3 is 0 Å². The van der Waals surface area contributed by atoms with Gasteiger partial charge in [-0.1, -0.05) is 109 Å². The summed E-state index contributed by atoms with van der Waals surface area (Å²) < 4.78 is 15.8. The highest BCUT2D eigenvalue weighted by atomic mass is 32.1. The molecular weight excluding hydrogens is 679 g/mol. The molecule has 0 aliphatic carbocycles. The summed E-state index contributed by atoms with van der Waals surface area (Å²) in [7, 11) is 0. The molecule has 3 nitrogen and oxygen atoms in total. The molecule has 3 heterocycles.